The molecule has 0 rings (SSSR count). The van der Waals surface area contributed by atoms with E-state index in [1.165, 1.54) is 13.0 Å². The van der Waals surface area contributed by atoms with Gasteiger partial charge in [-0.15, -0.1) is 0 Å². The molecular weight excluding hydrogens is 136 g/mol. The number of rotatable bonds is 6. The van der Waals surface area contributed by atoms with Gasteiger partial charge in [0.2, 0.25) is 0 Å². The molecule has 0 aliphatic rings. The summed E-state index contributed by atoms with van der Waals surface area (Å²) in [5, 5.41) is 3.39. The molecule has 0 radical (unpaired) electrons. The van der Waals surface area contributed by atoms with Gasteiger partial charge in [0.05, 0.1) is 0 Å². The van der Waals surface area contributed by atoms with E-state index in [2.05, 4.69) is 38.0 Å². The third-order valence-corrected chi connectivity index (χ3v) is 1.74. The van der Waals surface area contributed by atoms with Gasteiger partial charge in [-0.3, -0.25) is 0 Å². The minimum Gasteiger partial charge on any atom is -0.313 e. The first-order chi connectivity index (χ1) is 5.20. The summed E-state index contributed by atoms with van der Waals surface area (Å²) in [6.45, 7) is 10.0. The zero-order valence-electron chi connectivity index (χ0n) is 8.35. The van der Waals surface area contributed by atoms with Crippen LogP contribution in [0.5, 0.6) is 0 Å². The van der Waals surface area contributed by atoms with Crippen molar-refractivity contribution in [3.05, 3.63) is 0 Å². The lowest BCUT2D eigenvalue weighted by Crippen LogP contribution is -2.37. The lowest BCUT2D eigenvalue weighted by Gasteiger charge is -2.20. The number of hydrogen-bond donors (Lipinski definition) is 1. The first-order valence-corrected chi connectivity index (χ1v) is 4.62. The summed E-state index contributed by atoms with van der Waals surface area (Å²) in [6, 6.07) is 0.622. The van der Waals surface area contributed by atoms with Crippen LogP contribution in [0.25, 0.3) is 0 Å². The quantitative estimate of drug-likeness (QED) is 0.627. The zero-order valence-corrected chi connectivity index (χ0v) is 8.35. The fourth-order valence-electron chi connectivity index (χ4n) is 1.35. The van der Waals surface area contributed by atoms with Gasteiger partial charge in [-0.2, -0.15) is 0 Å². The van der Waals surface area contributed by atoms with E-state index in [1.54, 1.807) is 0 Å². The Kier molecular flexibility index (Phi) is 6.57. The Hall–Kier alpha value is -0.0800. The van der Waals surface area contributed by atoms with E-state index >= 15 is 0 Å². The Morgan fingerprint density at radius 2 is 2.00 bits per heavy atom. The van der Waals surface area contributed by atoms with Crippen molar-refractivity contribution < 1.29 is 0 Å². The van der Waals surface area contributed by atoms with Crippen LogP contribution in [0.1, 0.15) is 27.2 Å². The van der Waals surface area contributed by atoms with Crippen LogP contribution in [0.15, 0.2) is 0 Å². The van der Waals surface area contributed by atoms with Crippen molar-refractivity contribution in [2.75, 3.05) is 26.7 Å². The van der Waals surface area contributed by atoms with E-state index < -0.39 is 0 Å². The highest BCUT2D eigenvalue weighted by Crippen LogP contribution is 1.89. The van der Waals surface area contributed by atoms with Crippen molar-refractivity contribution in [2.24, 2.45) is 0 Å². The maximum Gasteiger partial charge on any atom is 0.0166 e. The average Bonchev–Trinajstić information content (AvgIpc) is 1.87. The topological polar surface area (TPSA) is 15.3 Å². The Morgan fingerprint density at radius 1 is 1.36 bits per heavy atom. The van der Waals surface area contributed by atoms with Crippen molar-refractivity contribution in [1.82, 2.24) is 10.2 Å². The first-order valence-electron chi connectivity index (χ1n) is 4.62. The maximum atomic E-state index is 3.39. The molecule has 1 N–H and O–H groups in total. The standard InChI is InChI=1S/C9H22N2/c1-5-7-11(4)8-9(3)10-6-2/h9-10H,5-8H2,1-4H3. The van der Waals surface area contributed by atoms with Gasteiger partial charge in [-0.05, 0) is 33.5 Å². The fourth-order valence-corrected chi connectivity index (χ4v) is 1.35. The Labute approximate surface area is 71.0 Å². The van der Waals surface area contributed by atoms with E-state index in [0.717, 1.165) is 13.1 Å². The molecule has 0 aromatic carbocycles. The van der Waals surface area contributed by atoms with Crippen LogP contribution in [-0.4, -0.2) is 37.6 Å². The lowest BCUT2D eigenvalue weighted by molar-refractivity contribution is 0.299. The maximum absolute atomic E-state index is 3.39. The van der Waals surface area contributed by atoms with Crippen molar-refractivity contribution in [1.29, 1.82) is 0 Å². The average molecular weight is 158 g/mol. The second-order valence-electron chi connectivity index (χ2n) is 3.22. The van der Waals surface area contributed by atoms with E-state index in [0.29, 0.717) is 6.04 Å². The predicted molar refractivity (Wildman–Crippen MR) is 50.9 cm³/mol. The summed E-state index contributed by atoms with van der Waals surface area (Å²) in [7, 11) is 2.18. The predicted octanol–water partition coefficient (Wildman–Crippen LogP) is 1.33. The van der Waals surface area contributed by atoms with Crippen LogP contribution in [0, 0.1) is 0 Å². The van der Waals surface area contributed by atoms with Gasteiger partial charge in [-0.25, -0.2) is 0 Å². The van der Waals surface area contributed by atoms with Crippen molar-refractivity contribution in [3.8, 4) is 0 Å². The zero-order chi connectivity index (χ0) is 8.69. The monoisotopic (exact) mass is 158 g/mol. The van der Waals surface area contributed by atoms with Gasteiger partial charge in [0.1, 0.15) is 0 Å². The molecule has 0 aliphatic carbocycles. The smallest absolute Gasteiger partial charge is 0.0166 e. The molecule has 0 bridgehead atoms. The highest BCUT2D eigenvalue weighted by Gasteiger charge is 2.02. The molecule has 0 amide bonds. The summed E-state index contributed by atoms with van der Waals surface area (Å²) in [6.07, 6.45) is 1.25. The van der Waals surface area contributed by atoms with Crippen LogP contribution >= 0.6 is 0 Å². The molecule has 0 aromatic rings. The summed E-state index contributed by atoms with van der Waals surface area (Å²) >= 11 is 0. The van der Waals surface area contributed by atoms with Crippen molar-refractivity contribution >= 4 is 0 Å². The summed E-state index contributed by atoms with van der Waals surface area (Å²) in [5.74, 6) is 0. The molecule has 0 saturated heterocycles. The Balaban J connectivity index is 3.32. The SMILES string of the molecule is CCCN(C)CC(C)NCC. The van der Waals surface area contributed by atoms with Crippen LogP contribution < -0.4 is 5.32 Å². The fraction of sp³-hybridized carbons (Fsp3) is 1.00. The van der Waals surface area contributed by atoms with Gasteiger partial charge < -0.3 is 10.2 Å². The highest BCUT2D eigenvalue weighted by atomic mass is 15.1. The number of nitrogens with zero attached hydrogens (tertiary/aromatic N) is 1. The first kappa shape index (κ1) is 10.9. The van der Waals surface area contributed by atoms with Crippen LogP contribution in [0.3, 0.4) is 0 Å². The molecule has 0 aliphatic heterocycles. The summed E-state index contributed by atoms with van der Waals surface area (Å²) in [4.78, 5) is 2.37. The lowest BCUT2D eigenvalue weighted by atomic mass is 10.3. The molecule has 1 atom stereocenters. The minimum atomic E-state index is 0.622. The van der Waals surface area contributed by atoms with E-state index in [4.69, 9.17) is 0 Å². The second kappa shape index (κ2) is 6.62. The Morgan fingerprint density at radius 3 is 2.45 bits per heavy atom. The third kappa shape index (κ3) is 6.32. The molecule has 68 valence electrons. The van der Waals surface area contributed by atoms with Crippen LogP contribution in [0.4, 0.5) is 0 Å². The normalized spacial score (nSPS) is 13.9. The molecule has 0 heterocycles. The molecule has 0 spiro atoms. The third-order valence-electron chi connectivity index (χ3n) is 1.74. The Bertz CT molecular complexity index is 73.6. The summed E-state index contributed by atoms with van der Waals surface area (Å²) in [5.41, 5.74) is 0. The molecule has 0 saturated carbocycles. The largest absolute Gasteiger partial charge is 0.313 e. The number of likely N-dealkylation sites (N-methyl/N-ethyl adjacent to an activating group) is 2. The van der Waals surface area contributed by atoms with Gasteiger partial charge >= 0.3 is 0 Å². The molecular formula is C9H22N2. The number of nitrogens with one attached hydrogen (secondary N) is 1. The van der Waals surface area contributed by atoms with E-state index in [9.17, 15) is 0 Å². The van der Waals surface area contributed by atoms with Gasteiger partial charge in [0.15, 0.2) is 0 Å². The van der Waals surface area contributed by atoms with Crippen molar-refractivity contribution in [3.63, 3.8) is 0 Å². The van der Waals surface area contributed by atoms with Gasteiger partial charge in [0.25, 0.3) is 0 Å². The van der Waals surface area contributed by atoms with Crippen LogP contribution in [0.2, 0.25) is 0 Å². The van der Waals surface area contributed by atoms with Gasteiger partial charge in [-0.1, -0.05) is 13.8 Å². The number of hydrogen-bond acceptors (Lipinski definition) is 2. The molecule has 0 aromatic heterocycles. The molecule has 11 heavy (non-hydrogen) atoms. The van der Waals surface area contributed by atoms with E-state index in [-0.39, 0.29) is 0 Å². The van der Waals surface area contributed by atoms with E-state index in [1.807, 2.05) is 0 Å². The van der Waals surface area contributed by atoms with Gasteiger partial charge in [0, 0.05) is 12.6 Å². The highest BCUT2D eigenvalue weighted by molar-refractivity contribution is 4.63. The van der Waals surface area contributed by atoms with Crippen molar-refractivity contribution in [2.45, 2.75) is 33.2 Å². The minimum absolute atomic E-state index is 0.622. The molecule has 2 nitrogen and oxygen atoms in total. The summed E-state index contributed by atoms with van der Waals surface area (Å²) < 4.78 is 0. The molecule has 2 heteroatoms. The van der Waals surface area contributed by atoms with Crippen LogP contribution in [-0.2, 0) is 0 Å². The molecule has 1 unspecified atom stereocenters. The molecule has 0 fully saturated rings. The second-order valence-corrected chi connectivity index (χ2v) is 3.22.